The second-order valence-corrected chi connectivity index (χ2v) is 3.27. The van der Waals surface area contributed by atoms with Crippen LogP contribution in [0.2, 0.25) is 5.02 Å². The van der Waals surface area contributed by atoms with Crippen molar-refractivity contribution in [3.8, 4) is 5.75 Å². The Bertz CT molecular complexity index is 564. The summed E-state index contributed by atoms with van der Waals surface area (Å²) in [6.07, 6.45) is 0. The lowest BCUT2D eigenvalue weighted by Crippen LogP contribution is -2.04. The lowest BCUT2D eigenvalue weighted by molar-refractivity contribution is 0.480. The molecule has 0 spiro atoms. The first kappa shape index (κ1) is 9.02. The van der Waals surface area contributed by atoms with Gasteiger partial charge in [-0.1, -0.05) is 11.6 Å². The van der Waals surface area contributed by atoms with Crippen molar-refractivity contribution in [3.05, 3.63) is 39.4 Å². The molecule has 0 saturated carbocycles. The van der Waals surface area contributed by atoms with Gasteiger partial charge in [0.05, 0.1) is 5.52 Å². The quantitative estimate of drug-likeness (QED) is 0.704. The summed E-state index contributed by atoms with van der Waals surface area (Å²) in [5, 5.41) is 9.71. The van der Waals surface area contributed by atoms with E-state index in [2.05, 4.69) is 4.98 Å². The third-order valence-corrected chi connectivity index (χ3v) is 2.07. The van der Waals surface area contributed by atoms with Gasteiger partial charge in [-0.15, -0.1) is 0 Å². The molecule has 0 bridgehead atoms. The molecule has 0 aliphatic rings. The Morgan fingerprint density at radius 2 is 2.07 bits per heavy atom. The van der Waals surface area contributed by atoms with Gasteiger partial charge in [0.2, 0.25) is 0 Å². The van der Waals surface area contributed by atoms with Crippen molar-refractivity contribution in [2.75, 3.05) is 0 Å². The summed E-state index contributed by atoms with van der Waals surface area (Å²) < 4.78 is 13.2. The number of rotatable bonds is 0. The van der Waals surface area contributed by atoms with Crippen LogP contribution in [0.4, 0.5) is 4.39 Å². The molecule has 0 fully saturated rings. The molecule has 5 heteroatoms. The molecule has 2 rings (SSSR count). The molecule has 1 aromatic carbocycles. The first-order valence-corrected chi connectivity index (χ1v) is 4.17. The highest BCUT2D eigenvalue weighted by Gasteiger charge is 2.07. The third kappa shape index (κ3) is 1.33. The Kier molecular flexibility index (Phi) is 1.93. The number of aromatic nitrogens is 1. The van der Waals surface area contributed by atoms with Gasteiger partial charge in [0.1, 0.15) is 11.6 Å². The maximum Gasteiger partial charge on any atom is 0.252 e. The van der Waals surface area contributed by atoms with E-state index in [1.54, 1.807) is 0 Å². The highest BCUT2D eigenvalue weighted by molar-refractivity contribution is 6.31. The van der Waals surface area contributed by atoms with Gasteiger partial charge in [0.15, 0.2) is 0 Å². The first-order chi connectivity index (χ1) is 6.58. The minimum atomic E-state index is -0.666. The van der Waals surface area contributed by atoms with Gasteiger partial charge in [0, 0.05) is 16.5 Å². The standard InChI is InChI=1S/C9H5ClFNO2/c10-4-1-5-7(13)3-8(14)12-9(5)6(11)2-4/h1-3H,(H2,12,13,14). The molecule has 0 unspecified atom stereocenters. The molecule has 14 heavy (non-hydrogen) atoms. The van der Waals surface area contributed by atoms with Gasteiger partial charge < -0.3 is 10.1 Å². The van der Waals surface area contributed by atoms with E-state index >= 15 is 0 Å². The van der Waals surface area contributed by atoms with E-state index in [0.29, 0.717) is 0 Å². The van der Waals surface area contributed by atoms with Crippen LogP contribution in [0.25, 0.3) is 10.9 Å². The summed E-state index contributed by atoms with van der Waals surface area (Å²) in [4.78, 5) is 13.2. The van der Waals surface area contributed by atoms with Gasteiger partial charge >= 0.3 is 0 Å². The summed E-state index contributed by atoms with van der Waals surface area (Å²) >= 11 is 5.59. The van der Waals surface area contributed by atoms with E-state index in [-0.39, 0.29) is 21.7 Å². The Morgan fingerprint density at radius 1 is 1.36 bits per heavy atom. The van der Waals surface area contributed by atoms with Crippen LogP contribution in [0.15, 0.2) is 23.0 Å². The number of fused-ring (bicyclic) bond motifs is 1. The second-order valence-electron chi connectivity index (χ2n) is 2.83. The number of pyridine rings is 1. The number of aromatic hydroxyl groups is 1. The lowest BCUT2D eigenvalue weighted by atomic mass is 10.2. The smallest absolute Gasteiger partial charge is 0.252 e. The van der Waals surface area contributed by atoms with Crippen LogP contribution in [-0.2, 0) is 0 Å². The average molecular weight is 214 g/mol. The van der Waals surface area contributed by atoms with Crippen molar-refractivity contribution in [1.82, 2.24) is 4.98 Å². The number of aromatic amines is 1. The van der Waals surface area contributed by atoms with E-state index in [9.17, 15) is 14.3 Å². The molecule has 0 aliphatic heterocycles. The Morgan fingerprint density at radius 3 is 2.79 bits per heavy atom. The zero-order valence-electron chi connectivity index (χ0n) is 6.84. The van der Waals surface area contributed by atoms with Crippen LogP contribution in [0.5, 0.6) is 5.75 Å². The number of nitrogens with one attached hydrogen (secondary N) is 1. The van der Waals surface area contributed by atoms with Crippen molar-refractivity contribution in [3.63, 3.8) is 0 Å². The van der Waals surface area contributed by atoms with Gasteiger partial charge in [-0.2, -0.15) is 0 Å². The molecule has 1 heterocycles. The molecule has 2 N–H and O–H groups in total. The molecule has 3 nitrogen and oxygen atoms in total. The molecule has 0 aliphatic carbocycles. The molecule has 1 aromatic heterocycles. The van der Waals surface area contributed by atoms with Gasteiger partial charge in [0.25, 0.3) is 5.56 Å². The second kappa shape index (κ2) is 2.99. The van der Waals surface area contributed by atoms with Crippen LogP contribution < -0.4 is 5.56 Å². The van der Waals surface area contributed by atoms with Crippen molar-refractivity contribution >= 4 is 22.5 Å². The van der Waals surface area contributed by atoms with E-state index in [1.807, 2.05) is 0 Å². The molecule has 0 radical (unpaired) electrons. The van der Waals surface area contributed by atoms with Crippen molar-refractivity contribution in [2.24, 2.45) is 0 Å². The molecule has 0 atom stereocenters. The number of H-pyrrole nitrogens is 1. The topological polar surface area (TPSA) is 53.1 Å². The zero-order valence-corrected chi connectivity index (χ0v) is 7.60. The predicted molar refractivity (Wildman–Crippen MR) is 51.2 cm³/mol. The normalized spacial score (nSPS) is 10.7. The molecule has 2 aromatic rings. The molecular weight excluding hydrogens is 209 g/mol. The van der Waals surface area contributed by atoms with Crippen molar-refractivity contribution < 1.29 is 9.50 Å². The highest BCUT2D eigenvalue weighted by atomic mass is 35.5. The van der Waals surface area contributed by atoms with Gasteiger partial charge in [-0.3, -0.25) is 4.79 Å². The van der Waals surface area contributed by atoms with E-state index < -0.39 is 11.4 Å². The largest absolute Gasteiger partial charge is 0.507 e. The predicted octanol–water partition coefficient (Wildman–Crippen LogP) is 2.03. The Balaban J connectivity index is 3.01. The summed E-state index contributed by atoms with van der Waals surface area (Å²) in [6, 6.07) is 3.42. The molecule has 0 amide bonds. The number of benzene rings is 1. The van der Waals surface area contributed by atoms with Crippen molar-refractivity contribution in [2.45, 2.75) is 0 Å². The van der Waals surface area contributed by atoms with Gasteiger partial charge in [-0.25, -0.2) is 4.39 Å². The summed E-state index contributed by atoms with van der Waals surface area (Å²) in [5.74, 6) is -0.953. The van der Waals surface area contributed by atoms with Crippen LogP contribution in [0, 0.1) is 5.82 Å². The minimum absolute atomic E-state index is 0.0422. The highest BCUT2D eigenvalue weighted by Crippen LogP contribution is 2.26. The Hall–Kier alpha value is -1.55. The molecular formula is C9H5ClFNO2. The molecule has 0 saturated heterocycles. The number of halogens is 2. The summed E-state index contributed by atoms with van der Waals surface area (Å²) in [5.41, 5.74) is -0.601. The van der Waals surface area contributed by atoms with Crippen molar-refractivity contribution in [1.29, 1.82) is 0 Å². The fourth-order valence-electron chi connectivity index (χ4n) is 1.26. The summed E-state index contributed by atoms with van der Waals surface area (Å²) in [7, 11) is 0. The maximum atomic E-state index is 13.2. The van der Waals surface area contributed by atoms with E-state index in [0.717, 1.165) is 12.1 Å². The fraction of sp³-hybridized carbons (Fsp3) is 0. The SMILES string of the molecule is O=c1cc(O)c2cc(Cl)cc(F)c2[nH]1. The fourth-order valence-corrected chi connectivity index (χ4v) is 1.47. The number of hydrogen-bond acceptors (Lipinski definition) is 2. The maximum absolute atomic E-state index is 13.2. The number of hydrogen-bond donors (Lipinski definition) is 2. The zero-order chi connectivity index (χ0) is 10.3. The van der Waals surface area contributed by atoms with Crippen LogP contribution in [-0.4, -0.2) is 10.1 Å². The van der Waals surface area contributed by atoms with Crippen LogP contribution in [0.3, 0.4) is 0 Å². The van der Waals surface area contributed by atoms with Gasteiger partial charge in [-0.05, 0) is 12.1 Å². The minimum Gasteiger partial charge on any atom is -0.507 e. The van der Waals surface area contributed by atoms with E-state index in [1.165, 1.54) is 6.07 Å². The lowest BCUT2D eigenvalue weighted by Gasteiger charge is -2.01. The first-order valence-electron chi connectivity index (χ1n) is 3.79. The summed E-state index contributed by atoms with van der Waals surface area (Å²) in [6.45, 7) is 0. The van der Waals surface area contributed by atoms with Crippen LogP contribution >= 0.6 is 11.6 Å². The molecule has 72 valence electrons. The third-order valence-electron chi connectivity index (χ3n) is 1.85. The Labute approximate surface area is 82.8 Å². The van der Waals surface area contributed by atoms with E-state index in [4.69, 9.17) is 11.6 Å². The van der Waals surface area contributed by atoms with Crippen LogP contribution in [0.1, 0.15) is 0 Å². The average Bonchev–Trinajstić information content (AvgIpc) is 2.07. The monoisotopic (exact) mass is 213 g/mol.